The molecule has 0 radical (unpaired) electrons. The Labute approximate surface area is 377 Å². The normalized spacial score (nSPS) is 12.6. The third-order valence-corrected chi connectivity index (χ3v) is 8.68. The molecule has 21 heteroatoms. The van der Waals surface area contributed by atoms with Gasteiger partial charge in [-0.1, -0.05) is 44.2 Å². The molecule has 0 bridgehead atoms. The molecule has 0 saturated heterocycles. The van der Waals surface area contributed by atoms with Gasteiger partial charge in [0, 0.05) is 13.7 Å². The highest BCUT2D eigenvalue weighted by Gasteiger charge is 2.30. The number of carboxylic acids is 1. The molecule has 0 spiro atoms. The standard InChI is InChI=1S/C43H74N4O17/c1-34(2)39(41(50)45-35(3)42(51)52)47-40(49)37(46-43(53)64-32-36-10-6-5-7-11-36)12-8-9-13-44-38(48)33-63-31-30-62-29-28-61-27-26-60-25-24-59-23-22-58-21-20-57-19-18-56-17-16-55-15-14-54-4/h5-7,10-11,34-35,37,39H,8-9,12-33H2,1-4H3,(H,44,48)(H,45,50)(H,46,53)(H,47,49)(H,51,52)/t35-,37?,39-/m0/s1. The van der Waals surface area contributed by atoms with E-state index in [1.807, 2.05) is 6.07 Å². The van der Waals surface area contributed by atoms with Gasteiger partial charge in [0.2, 0.25) is 17.7 Å². The van der Waals surface area contributed by atoms with Gasteiger partial charge in [-0.3, -0.25) is 19.2 Å². The summed E-state index contributed by atoms with van der Waals surface area (Å²) in [7, 11) is 1.63. The number of carbonyl (C=O) groups excluding carboxylic acids is 4. The summed E-state index contributed by atoms with van der Waals surface area (Å²) in [5, 5.41) is 19.5. The molecule has 64 heavy (non-hydrogen) atoms. The topological polar surface area (TPSA) is 255 Å². The van der Waals surface area contributed by atoms with Crippen molar-refractivity contribution in [2.45, 2.75) is 64.8 Å². The number of carbonyl (C=O) groups is 5. The smallest absolute Gasteiger partial charge is 0.408 e. The summed E-state index contributed by atoms with van der Waals surface area (Å²) in [4.78, 5) is 62.3. The Bertz CT molecular complexity index is 1350. The number of carboxylic acid groups (broad SMARTS) is 1. The Morgan fingerprint density at radius 1 is 0.562 bits per heavy atom. The summed E-state index contributed by atoms with van der Waals surface area (Å²) in [5.74, 6) is -3.25. The third-order valence-electron chi connectivity index (χ3n) is 8.68. The van der Waals surface area contributed by atoms with Crippen LogP contribution in [0.3, 0.4) is 0 Å². The van der Waals surface area contributed by atoms with Crippen molar-refractivity contribution in [1.82, 2.24) is 21.3 Å². The van der Waals surface area contributed by atoms with E-state index >= 15 is 0 Å². The van der Waals surface area contributed by atoms with Crippen molar-refractivity contribution < 1.29 is 81.2 Å². The molecule has 3 atom stereocenters. The molecule has 0 aliphatic carbocycles. The van der Waals surface area contributed by atoms with Crippen LogP contribution in [0, 0.1) is 5.92 Å². The molecule has 21 nitrogen and oxygen atoms in total. The van der Waals surface area contributed by atoms with E-state index in [4.69, 9.17) is 52.1 Å². The molecule has 0 heterocycles. The second-order valence-corrected chi connectivity index (χ2v) is 14.3. The van der Waals surface area contributed by atoms with Crippen LogP contribution in [0.2, 0.25) is 0 Å². The van der Waals surface area contributed by atoms with Gasteiger partial charge >= 0.3 is 12.1 Å². The van der Waals surface area contributed by atoms with Crippen LogP contribution >= 0.6 is 0 Å². The zero-order chi connectivity index (χ0) is 46.9. The van der Waals surface area contributed by atoms with Crippen LogP contribution in [0.1, 0.15) is 45.6 Å². The molecule has 0 aromatic heterocycles. The molecule has 1 aromatic carbocycles. The van der Waals surface area contributed by atoms with Crippen LogP contribution < -0.4 is 21.3 Å². The van der Waals surface area contributed by atoms with E-state index in [0.29, 0.717) is 125 Å². The van der Waals surface area contributed by atoms with Crippen molar-refractivity contribution in [1.29, 1.82) is 0 Å². The van der Waals surface area contributed by atoms with Crippen molar-refractivity contribution >= 4 is 29.8 Å². The van der Waals surface area contributed by atoms with Crippen LogP contribution in [0.15, 0.2) is 30.3 Å². The van der Waals surface area contributed by atoms with E-state index in [1.54, 1.807) is 45.2 Å². The van der Waals surface area contributed by atoms with Crippen LogP contribution in [-0.2, 0) is 77.9 Å². The molecule has 1 unspecified atom stereocenters. The van der Waals surface area contributed by atoms with Crippen molar-refractivity contribution in [2.75, 3.05) is 139 Å². The number of alkyl carbamates (subject to hydrolysis) is 1. The second-order valence-electron chi connectivity index (χ2n) is 14.3. The maximum absolute atomic E-state index is 13.4. The third kappa shape index (κ3) is 33.5. The van der Waals surface area contributed by atoms with Gasteiger partial charge in [0.05, 0.1) is 119 Å². The SMILES string of the molecule is COCCOCCOCCOCCOCCOCCOCCOCCOCCOCC(=O)NCCCCC(NC(=O)OCc1ccccc1)C(=O)N[C@H](C(=O)N[C@@H](C)C(=O)O)C(C)C. The highest BCUT2D eigenvalue weighted by atomic mass is 16.6. The van der Waals surface area contributed by atoms with Crippen LogP contribution in [0.25, 0.3) is 0 Å². The number of ether oxygens (including phenoxy) is 11. The monoisotopic (exact) mass is 919 g/mol. The maximum Gasteiger partial charge on any atom is 0.408 e. The second kappa shape index (κ2) is 40.5. The number of nitrogens with one attached hydrogen (secondary N) is 4. The molecule has 1 aromatic rings. The number of hydrogen-bond donors (Lipinski definition) is 5. The summed E-state index contributed by atoms with van der Waals surface area (Å²) in [6, 6.07) is 5.70. The van der Waals surface area contributed by atoms with E-state index in [0.717, 1.165) is 5.56 Å². The van der Waals surface area contributed by atoms with Gasteiger partial charge in [0.15, 0.2) is 0 Å². The summed E-state index contributed by atoms with van der Waals surface area (Å²) >= 11 is 0. The Kier molecular flexibility index (Phi) is 36.7. The van der Waals surface area contributed by atoms with Gasteiger partial charge in [-0.25, -0.2) is 4.79 Å². The summed E-state index contributed by atoms with van der Waals surface area (Å²) in [6.45, 7) is 12.9. The largest absolute Gasteiger partial charge is 0.480 e. The zero-order valence-electron chi connectivity index (χ0n) is 38.1. The van der Waals surface area contributed by atoms with E-state index in [9.17, 15) is 29.1 Å². The van der Waals surface area contributed by atoms with E-state index in [-0.39, 0.29) is 44.7 Å². The first-order valence-corrected chi connectivity index (χ1v) is 21.8. The average molecular weight is 919 g/mol. The zero-order valence-corrected chi connectivity index (χ0v) is 38.1. The van der Waals surface area contributed by atoms with Crippen LogP contribution in [0.5, 0.6) is 0 Å². The van der Waals surface area contributed by atoms with E-state index in [1.165, 1.54) is 6.92 Å². The van der Waals surface area contributed by atoms with Crippen LogP contribution in [-0.4, -0.2) is 192 Å². The molecule has 4 amide bonds. The lowest BCUT2D eigenvalue weighted by Gasteiger charge is -2.26. The molecular formula is C43H74N4O17. The highest BCUT2D eigenvalue weighted by molar-refractivity contribution is 5.93. The quantitative estimate of drug-likeness (QED) is 0.0575. The minimum Gasteiger partial charge on any atom is -0.480 e. The number of benzene rings is 1. The number of aliphatic carboxylic acids is 1. The van der Waals surface area contributed by atoms with E-state index in [2.05, 4.69) is 21.3 Å². The Balaban J connectivity index is 2.10. The molecule has 1 rings (SSSR count). The first-order valence-electron chi connectivity index (χ1n) is 21.8. The fourth-order valence-electron chi connectivity index (χ4n) is 5.15. The molecule has 0 saturated carbocycles. The van der Waals surface area contributed by atoms with Gasteiger partial charge in [-0.05, 0) is 37.7 Å². The molecular weight excluding hydrogens is 844 g/mol. The van der Waals surface area contributed by atoms with Crippen molar-refractivity contribution in [2.24, 2.45) is 5.92 Å². The lowest BCUT2D eigenvalue weighted by Crippen LogP contribution is -2.57. The number of unbranched alkanes of at least 4 members (excludes halogenated alkanes) is 1. The van der Waals surface area contributed by atoms with Gasteiger partial charge in [-0.2, -0.15) is 0 Å². The number of hydrogen-bond acceptors (Lipinski definition) is 16. The van der Waals surface area contributed by atoms with Gasteiger partial charge < -0.3 is 78.5 Å². The molecule has 0 aliphatic heterocycles. The Morgan fingerprint density at radius 3 is 1.45 bits per heavy atom. The Hall–Kier alpha value is -4.03. The van der Waals surface area contributed by atoms with Crippen molar-refractivity contribution in [3.8, 4) is 0 Å². The molecule has 5 N–H and O–H groups in total. The molecule has 0 fully saturated rings. The van der Waals surface area contributed by atoms with E-state index < -0.39 is 42.0 Å². The summed E-state index contributed by atoms with van der Waals surface area (Å²) < 4.78 is 59.1. The highest BCUT2D eigenvalue weighted by Crippen LogP contribution is 2.08. The fourth-order valence-corrected chi connectivity index (χ4v) is 5.15. The van der Waals surface area contributed by atoms with Crippen LogP contribution in [0.4, 0.5) is 4.79 Å². The predicted octanol–water partition coefficient (Wildman–Crippen LogP) is 1.09. The fraction of sp³-hybridized carbons (Fsp3) is 0.744. The van der Waals surface area contributed by atoms with Gasteiger partial charge in [-0.15, -0.1) is 0 Å². The molecule has 0 aliphatic rings. The number of amides is 4. The minimum absolute atomic E-state index is 0.0169. The summed E-state index contributed by atoms with van der Waals surface area (Å²) in [6.07, 6.45) is 0.233. The maximum atomic E-state index is 13.4. The first-order chi connectivity index (χ1) is 31.0. The van der Waals surface area contributed by atoms with Gasteiger partial charge in [0.1, 0.15) is 31.3 Å². The lowest BCUT2D eigenvalue weighted by atomic mass is 10.0. The predicted molar refractivity (Wildman–Crippen MR) is 232 cm³/mol. The molecule has 368 valence electrons. The number of rotatable bonds is 43. The minimum atomic E-state index is -1.22. The Morgan fingerprint density at radius 2 is 1.02 bits per heavy atom. The number of methoxy groups -OCH3 is 1. The lowest BCUT2D eigenvalue weighted by molar-refractivity contribution is -0.142. The first kappa shape index (κ1) is 58.0. The average Bonchev–Trinajstić information content (AvgIpc) is 3.27. The van der Waals surface area contributed by atoms with Crippen molar-refractivity contribution in [3.63, 3.8) is 0 Å². The summed E-state index contributed by atoms with van der Waals surface area (Å²) in [5.41, 5.74) is 0.754. The van der Waals surface area contributed by atoms with Gasteiger partial charge in [0.25, 0.3) is 0 Å². The van der Waals surface area contributed by atoms with Crippen molar-refractivity contribution in [3.05, 3.63) is 35.9 Å².